The molecular weight excluding hydrogens is 451 g/mol. The summed E-state index contributed by atoms with van der Waals surface area (Å²) in [5.41, 5.74) is 10.3. The Morgan fingerprint density at radius 2 is 2.06 bits per heavy atom. The van der Waals surface area contributed by atoms with Gasteiger partial charge in [-0.2, -0.15) is 23.0 Å². The molecule has 1 aliphatic heterocycles. The fourth-order valence-corrected chi connectivity index (χ4v) is 4.05. The van der Waals surface area contributed by atoms with Crippen LogP contribution in [0.5, 0.6) is 0 Å². The Balaban J connectivity index is 2.06. The molecule has 34 heavy (non-hydrogen) atoms. The Labute approximate surface area is 192 Å². The van der Waals surface area contributed by atoms with Crippen LogP contribution in [-0.4, -0.2) is 52.7 Å². The third-order valence-corrected chi connectivity index (χ3v) is 5.59. The fourth-order valence-electron chi connectivity index (χ4n) is 4.05. The van der Waals surface area contributed by atoms with Crippen LogP contribution >= 0.6 is 0 Å². The van der Waals surface area contributed by atoms with E-state index < -0.39 is 23.2 Å². The van der Waals surface area contributed by atoms with Crippen molar-refractivity contribution in [1.29, 1.82) is 5.41 Å². The predicted octanol–water partition coefficient (Wildman–Crippen LogP) is 2.85. The molecule has 0 unspecified atom stereocenters. The number of fused-ring (bicyclic) bond motifs is 1. The summed E-state index contributed by atoms with van der Waals surface area (Å²) in [6.07, 6.45) is -1.10. The van der Waals surface area contributed by atoms with Gasteiger partial charge in [-0.05, 0) is 36.3 Å². The zero-order valence-corrected chi connectivity index (χ0v) is 18.1. The number of hydrogen-bond donors (Lipinski definition) is 3. The van der Waals surface area contributed by atoms with E-state index in [1.165, 1.54) is 29.1 Å². The van der Waals surface area contributed by atoms with Crippen LogP contribution < -0.4 is 16.4 Å². The van der Waals surface area contributed by atoms with Crippen LogP contribution in [0.2, 0.25) is 0 Å². The van der Waals surface area contributed by atoms with Gasteiger partial charge in [-0.25, -0.2) is 4.98 Å². The first-order valence-electron chi connectivity index (χ1n) is 10.3. The molecule has 0 saturated carbocycles. The highest BCUT2D eigenvalue weighted by molar-refractivity contribution is 6.06. The quantitative estimate of drug-likeness (QED) is 0.488. The average Bonchev–Trinajstić information content (AvgIpc) is 3.22. The van der Waals surface area contributed by atoms with Crippen LogP contribution in [0.1, 0.15) is 22.8 Å². The lowest BCUT2D eigenvalue weighted by Crippen LogP contribution is -2.44. The number of alkyl halides is 3. The summed E-state index contributed by atoms with van der Waals surface area (Å²) in [5, 5.41) is 11.9. The minimum atomic E-state index is -4.78. The minimum Gasteiger partial charge on any atom is -0.384 e. The monoisotopic (exact) mass is 473 g/mol. The molecule has 0 radical (unpaired) electrons. The lowest BCUT2D eigenvalue weighted by molar-refractivity contribution is -0.137. The van der Waals surface area contributed by atoms with E-state index in [2.05, 4.69) is 10.1 Å². The van der Waals surface area contributed by atoms with E-state index in [1.807, 2.05) is 11.8 Å². The highest BCUT2D eigenvalue weighted by Gasteiger charge is 2.36. The van der Waals surface area contributed by atoms with Gasteiger partial charge < -0.3 is 26.5 Å². The summed E-state index contributed by atoms with van der Waals surface area (Å²) < 4.78 is 48.0. The van der Waals surface area contributed by atoms with E-state index in [0.29, 0.717) is 36.5 Å². The number of carbonyl (C=O) groups is 1. The maximum absolute atomic E-state index is 13.7. The number of allylic oxidation sites excluding steroid dienone is 1. The van der Waals surface area contributed by atoms with Crippen molar-refractivity contribution in [2.24, 2.45) is 11.5 Å². The van der Waals surface area contributed by atoms with Crippen molar-refractivity contribution in [1.82, 2.24) is 14.8 Å². The number of pyridine rings is 1. The second kappa shape index (κ2) is 8.78. The van der Waals surface area contributed by atoms with Crippen LogP contribution in [-0.2, 0) is 10.9 Å². The Kier molecular flexibility index (Phi) is 6.00. The Hall–Kier alpha value is -3.93. The molecule has 3 aromatic rings. The van der Waals surface area contributed by atoms with Crippen molar-refractivity contribution in [3.63, 3.8) is 0 Å². The lowest BCUT2D eigenvalue weighted by Gasteiger charge is -2.34. The first-order valence-corrected chi connectivity index (χ1v) is 10.3. The van der Waals surface area contributed by atoms with Gasteiger partial charge in [0.25, 0.3) is 0 Å². The molecule has 1 amide bonds. The van der Waals surface area contributed by atoms with E-state index in [-0.39, 0.29) is 23.1 Å². The van der Waals surface area contributed by atoms with Gasteiger partial charge in [-0.1, -0.05) is 12.1 Å². The van der Waals surface area contributed by atoms with Crippen molar-refractivity contribution in [2.75, 3.05) is 24.7 Å². The van der Waals surface area contributed by atoms with Crippen LogP contribution in [0.3, 0.4) is 0 Å². The SMILES string of the molecule is C[C@@H]1COCCN1c1cc(-c2cccc(C(F)(F)F)c2C(N)=O)c2cnn(/C(N)=C/C=N)c2n1. The summed E-state index contributed by atoms with van der Waals surface area (Å²) in [6.45, 7) is 3.33. The third-order valence-electron chi connectivity index (χ3n) is 5.59. The molecule has 9 nitrogen and oxygen atoms in total. The first-order chi connectivity index (χ1) is 16.1. The van der Waals surface area contributed by atoms with Crippen LogP contribution in [0.15, 0.2) is 36.5 Å². The molecule has 1 saturated heterocycles. The highest BCUT2D eigenvalue weighted by atomic mass is 19.4. The number of nitrogens with two attached hydrogens (primary N) is 2. The van der Waals surface area contributed by atoms with Crippen molar-refractivity contribution in [3.05, 3.63) is 47.7 Å². The largest absolute Gasteiger partial charge is 0.417 e. The average molecular weight is 473 g/mol. The first kappa shape index (κ1) is 23.2. The topological polar surface area (TPSA) is 136 Å². The molecule has 5 N–H and O–H groups in total. The molecule has 1 aliphatic rings. The van der Waals surface area contributed by atoms with Gasteiger partial charge in [0, 0.05) is 18.1 Å². The number of amides is 1. The number of nitrogens with one attached hydrogen (secondary N) is 1. The van der Waals surface area contributed by atoms with Gasteiger partial charge >= 0.3 is 6.18 Å². The predicted molar refractivity (Wildman–Crippen MR) is 121 cm³/mol. The maximum atomic E-state index is 13.7. The van der Waals surface area contributed by atoms with E-state index in [1.54, 1.807) is 6.07 Å². The number of ether oxygens (including phenoxy) is 1. The number of rotatable bonds is 5. The standard InChI is InChI=1S/C22H22F3N7O2/c1-12-11-34-8-7-31(12)18-9-14(15-10-29-32(21(15)30-18)17(27)5-6-26)13-3-2-4-16(22(23,24)25)19(13)20(28)33/h2-6,9-10,12,26H,7-8,11,27H2,1H3,(H2,28,33)/b17-5+,26-6?/t12-/m1/s1. The van der Waals surface area contributed by atoms with E-state index in [9.17, 15) is 18.0 Å². The van der Waals surface area contributed by atoms with Gasteiger partial charge in [0.2, 0.25) is 5.91 Å². The molecule has 12 heteroatoms. The number of halogens is 3. The summed E-state index contributed by atoms with van der Waals surface area (Å²) in [5.74, 6) is -0.657. The fraction of sp³-hybridized carbons (Fsp3) is 0.273. The van der Waals surface area contributed by atoms with Crippen molar-refractivity contribution >= 4 is 34.8 Å². The maximum Gasteiger partial charge on any atom is 0.417 e. The second-order valence-corrected chi connectivity index (χ2v) is 7.79. The van der Waals surface area contributed by atoms with Crippen LogP contribution in [0.4, 0.5) is 19.0 Å². The molecule has 1 atom stereocenters. The number of hydrogen-bond acceptors (Lipinski definition) is 7. The Morgan fingerprint density at radius 3 is 2.71 bits per heavy atom. The van der Waals surface area contributed by atoms with Gasteiger partial charge in [-0.15, -0.1) is 0 Å². The Morgan fingerprint density at radius 1 is 1.29 bits per heavy atom. The summed E-state index contributed by atoms with van der Waals surface area (Å²) in [4.78, 5) is 18.9. The molecule has 0 spiro atoms. The molecule has 1 fully saturated rings. The number of nitrogens with zero attached hydrogens (tertiary/aromatic N) is 4. The van der Waals surface area contributed by atoms with E-state index >= 15 is 0 Å². The normalized spacial score (nSPS) is 17.2. The van der Waals surface area contributed by atoms with E-state index in [4.69, 9.17) is 21.6 Å². The molecule has 2 aromatic heterocycles. The molecular formula is C22H22F3N7O2. The zero-order valence-electron chi connectivity index (χ0n) is 18.1. The van der Waals surface area contributed by atoms with E-state index in [0.717, 1.165) is 12.3 Å². The van der Waals surface area contributed by atoms with Gasteiger partial charge in [0.1, 0.15) is 11.6 Å². The third kappa shape index (κ3) is 4.07. The highest BCUT2D eigenvalue weighted by Crippen LogP contribution is 2.40. The number of aromatic nitrogens is 3. The summed E-state index contributed by atoms with van der Waals surface area (Å²) in [6, 6.07) is 5.01. The molecule has 1 aromatic carbocycles. The number of anilines is 1. The van der Waals surface area contributed by atoms with Crippen molar-refractivity contribution in [2.45, 2.75) is 19.1 Å². The smallest absolute Gasteiger partial charge is 0.384 e. The second-order valence-electron chi connectivity index (χ2n) is 7.79. The molecule has 178 valence electrons. The van der Waals surface area contributed by atoms with Gasteiger partial charge in [0.05, 0.1) is 36.6 Å². The minimum absolute atomic E-state index is 0.00559. The molecule has 4 rings (SSSR count). The summed E-state index contributed by atoms with van der Waals surface area (Å²) in [7, 11) is 0. The number of benzene rings is 1. The molecule has 0 bridgehead atoms. The lowest BCUT2D eigenvalue weighted by atomic mass is 9.93. The molecule has 0 aliphatic carbocycles. The Bertz CT molecular complexity index is 1300. The number of carbonyl (C=O) groups excluding carboxylic acids is 1. The zero-order chi connectivity index (χ0) is 24.6. The molecule has 3 heterocycles. The summed E-state index contributed by atoms with van der Waals surface area (Å²) >= 11 is 0. The van der Waals surface area contributed by atoms with Gasteiger partial charge in [0.15, 0.2) is 5.65 Å². The van der Waals surface area contributed by atoms with Gasteiger partial charge in [-0.3, -0.25) is 4.79 Å². The number of morpholine rings is 1. The van der Waals surface area contributed by atoms with Crippen LogP contribution in [0, 0.1) is 5.41 Å². The number of primary amides is 1. The van der Waals surface area contributed by atoms with Crippen molar-refractivity contribution < 1.29 is 22.7 Å². The van der Waals surface area contributed by atoms with Crippen molar-refractivity contribution in [3.8, 4) is 11.1 Å². The van der Waals surface area contributed by atoms with Crippen LogP contribution in [0.25, 0.3) is 28.0 Å².